The molecule has 3 rings (SSSR count). The van der Waals surface area contributed by atoms with Gasteiger partial charge in [-0.25, -0.2) is 0 Å². The van der Waals surface area contributed by atoms with E-state index in [4.69, 9.17) is 9.72 Å². The van der Waals surface area contributed by atoms with Crippen LogP contribution in [0.4, 0.5) is 0 Å². The van der Waals surface area contributed by atoms with Gasteiger partial charge in [-0.2, -0.15) is 0 Å². The molecule has 170 valence electrons. The molecular formula is C29H43NO. The Morgan fingerprint density at radius 1 is 0.774 bits per heavy atom. The summed E-state index contributed by atoms with van der Waals surface area (Å²) < 4.78 is 5.86. The summed E-state index contributed by atoms with van der Waals surface area (Å²) in [4.78, 5) is 4.74. The summed E-state index contributed by atoms with van der Waals surface area (Å²) in [5.74, 6) is 2.89. The molecular weight excluding hydrogens is 378 g/mol. The van der Waals surface area contributed by atoms with Crippen LogP contribution < -0.4 is 4.74 Å². The van der Waals surface area contributed by atoms with Gasteiger partial charge in [-0.3, -0.25) is 4.98 Å². The lowest BCUT2D eigenvalue weighted by Gasteiger charge is -2.28. The van der Waals surface area contributed by atoms with Crippen LogP contribution in [0.1, 0.15) is 96.5 Å². The first-order valence-electron chi connectivity index (χ1n) is 13.0. The zero-order valence-corrected chi connectivity index (χ0v) is 20.0. The molecule has 0 spiro atoms. The fourth-order valence-electron chi connectivity index (χ4n) is 4.86. The van der Waals surface area contributed by atoms with Gasteiger partial charge in [0, 0.05) is 11.8 Å². The second kappa shape index (κ2) is 13.6. The lowest BCUT2D eigenvalue weighted by molar-refractivity contribution is 0.250. The van der Waals surface area contributed by atoms with Crippen LogP contribution in [0.3, 0.4) is 0 Å². The number of nitrogens with zero attached hydrogens (tertiary/aromatic N) is 1. The van der Waals surface area contributed by atoms with Crippen LogP contribution in [0.15, 0.2) is 42.6 Å². The topological polar surface area (TPSA) is 22.1 Å². The largest absolute Gasteiger partial charge is 0.494 e. The molecule has 31 heavy (non-hydrogen) atoms. The molecule has 1 fully saturated rings. The molecule has 0 saturated heterocycles. The molecule has 1 aromatic carbocycles. The Hall–Kier alpha value is -1.83. The summed E-state index contributed by atoms with van der Waals surface area (Å²) in [5, 5.41) is 0. The molecule has 0 radical (unpaired) electrons. The monoisotopic (exact) mass is 421 g/mol. The highest BCUT2D eigenvalue weighted by Crippen LogP contribution is 2.34. The van der Waals surface area contributed by atoms with Gasteiger partial charge < -0.3 is 4.74 Å². The van der Waals surface area contributed by atoms with E-state index in [1.165, 1.54) is 82.6 Å². The minimum Gasteiger partial charge on any atom is -0.494 e. The third-order valence-electron chi connectivity index (χ3n) is 7.01. The first-order valence-corrected chi connectivity index (χ1v) is 13.0. The summed E-state index contributed by atoms with van der Waals surface area (Å²) >= 11 is 0. The van der Waals surface area contributed by atoms with E-state index in [2.05, 4.69) is 56.4 Å². The van der Waals surface area contributed by atoms with Crippen molar-refractivity contribution in [2.75, 3.05) is 6.61 Å². The third kappa shape index (κ3) is 8.31. The third-order valence-corrected chi connectivity index (χ3v) is 7.01. The van der Waals surface area contributed by atoms with Crippen molar-refractivity contribution in [1.82, 2.24) is 4.98 Å². The molecule has 2 nitrogen and oxygen atoms in total. The van der Waals surface area contributed by atoms with Gasteiger partial charge in [0.1, 0.15) is 5.75 Å². The maximum atomic E-state index is 5.86. The van der Waals surface area contributed by atoms with Gasteiger partial charge >= 0.3 is 0 Å². The summed E-state index contributed by atoms with van der Waals surface area (Å²) in [6, 6.07) is 12.8. The molecule has 1 aliphatic rings. The van der Waals surface area contributed by atoms with Gasteiger partial charge in [-0.15, -0.1) is 0 Å². The van der Waals surface area contributed by atoms with E-state index in [1.807, 2.05) is 0 Å². The number of pyridine rings is 1. The maximum absolute atomic E-state index is 5.86. The zero-order chi connectivity index (χ0) is 21.7. The number of aryl methyl sites for hydroxylation is 1. The quantitative estimate of drug-likeness (QED) is 0.302. The Morgan fingerprint density at radius 3 is 2.13 bits per heavy atom. The number of aromatic nitrogens is 1. The van der Waals surface area contributed by atoms with Crippen molar-refractivity contribution in [1.29, 1.82) is 0 Å². The standard InChI is InChI=1S/C29H43NO/c1-3-5-7-8-22-31-28-19-17-27(18-20-28)29-21-16-26(23-30-29)15-14-25-12-10-24(11-13-25)9-6-4-2/h16-21,23-25H,3-15,22H2,1-2H3/t24-,25-. The lowest BCUT2D eigenvalue weighted by Crippen LogP contribution is -2.15. The summed E-state index contributed by atoms with van der Waals surface area (Å²) in [6.45, 7) is 5.36. The Morgan fingerprint density at radius 2 is 1.48 bits per heavy atom. The van der Waals surface area contributed by atoms with Gasteiger partial charge in [0.25, 0.3) is 0 Å². The molecule has 0 bridgehead atoms. The molecule has 0 N–H and O–H groups in total. The second-order valence-electron chi connectivity index (χ2n) is 9.55. The maximum Gasteiger partial charge on any atom is 0.119 e. The van der Waals surface area contributed by atoms with Gasteiger partial charge in [0.2, 0.25) is 0 Å². The number of benzene rings is 1. The van der Waals surface area contributed by atoms with Crippen molar-refractivity contribution < 1.29 is 4.74 Å². The van der Waals surface area contributed by atoms with Gasteiger partial charge in [0.05, 0.1) is 12.3 Å². The Kier molecular flexibility index (Phi) is 10.4. The van der Waals surface area contributed by atoms with E-state index in [0.29, 0.717) is 0 Å². The highest BCUT2D eigenvalue weighted by Gasteiger charge is 2.20. The van der Waals surface area contributed by atoms with Crippen LogP contribution in [0.25, 0.3) is 11.3 Å². The van der Waals surface area contributed by atoms with Crippen LogP contribution in [0.5, 0.6) is 5.75 Å². The SMILES string of the molecule is CCCCCCOc1ccc(-c2ccc(CC[C@H]3CC[C@H](CCCC)CC3)cn2)cc1. The van der Waals surface area contributed by atoms with E-state index in [1.54, 1.807) is 0 Å². The Bertz CT molecular complexity index is 713. The first kappa shape index (κ1) is 23.8. The molecule has 2 aromatic rings. The average molecular weight is 422 g/mol. The number of unbranched alkanes of at least 4 members (excludes halogenated alkanes) is 4. The van der Waals surface area contributed by atoms with Crippen molar-refractivity contribution in [3.8, 4) is 17.0 Å². The Labute approximate surface area is 190 Å². The Balaban J connectivity index is 1.40. The number of hydrogen-bond acceptors (Lipinski definition) is 2. The number of ether oxygens (including phenoxy) is 1. The second-order valence-corrected chi connectivity index (χ2v) is 9.55. The van der Waals surface area contributed by atoms with Crippen molar-refractivity contribution in [2.45, 2.75) is 97.3 Å². The van der Waals surface area contributed by atoms with Gasteiger partial charge in [-0.05, 0) is 67.0 Å². The minimum atomic E-state index is 0.812. The van der Waals surface area contributed by atoms with Gasteiger partial charge in [0.15, 0.2) is 0 Å². The van der Waals surface area contributed by atoms with E-state index in [0.717, 1.165) is 41.9 Å². The average Bonchev–Trinajstić information content (AvgIpc) is 2.83. The fraction of sp³-hybridized carbons (Fsp3) is 0.621. The van der Waals surface area contributed by atoms with Crippen LogP contribution in [-0.2, 0) is 6.42 Å². The molecule has 1 aliphatic carbocycles. The van der Waals surface area contributed by atoms with Crippen molar-refractivity contribution in [2.24, 2.45) is 11.8 Å². The first-order chi connectivity index (χ1) is 15.3. The highest BCUT2D eigenvalue weighted by atomic mass is 16.5. The van der Waals surface area contributed by atoms with Crippen molar-refractivity contribution in [3.63, 3.8) is 0 Å². The summed E-state index contributed by atoms with van der Waals surface area (Å²) in [7, 11) is 0. The zero-order valence-electron chi connectivity index (χ0n) is 20.0. The predicted octanol–water partition coefficient (Wildman–Crippen LogP) is 8.64. The van der Waals surface area contributed by atoms with Crippen LogP contribution in [0, 0.1) is 11.8 Å². The molecule has 0 amide bonds. The van der Waals surface area contributed by atoms with Gasteiger partial charge in [-0.1, -0.05) is 84.1 Å². The predicted molar refractivity (Wildman–Crippen MR) is 133 cm³/mol. The van der Waals surface area contributed by atoms with Crippen molar-refractivity contribution >= 4 is 0 Å². The fourth-order valence-corrected chi connectivity index (χ4v) is 4.86. The molecule has 0 atom stereocenters. The molecule has 0 unspecified atom stereocenters. The molecule has 1 aromatic heterocycles. The summed E-state index contributed by atoms with van der Waals surface area (Å²) in [6.07, 6.45) is 19.5. The molecule has 1 saturated carbocycles. The molecule has 0 aliphatic heterocycles. The van der Waals surface area contributed by atoms with Crippen LogP contribution in [0.2, 0.25) is 0 Å². The number of rotatable bonds is 13. The molecule has 1 heterocycles. The lowest BCUT2D eigenvalue weighted by atomic mass is 9.78. The number of hydrogen-bond donors (Lipinski definition) is 0. The normalized spacial score (nSPS) is 18.8. The smallest absolute Gasteiger partial charge is 0.119 e. The van der Waals surface area contributed by atoms with Crippen LogP contribution >= 0.6 is 0 Å². The van der Waals surface area contributed by atoms with E-state index in [-0.39, 0.29) is 0 Å². The van der Waals surface area contributed by atoms with E-state index >= 15 is 0 Å². The minimum absolute atomic E-state index is 0.812. The molecule has 2 heteroatoms. The van der Waals surface area contributed by atoms with Crippen LogP contribution in [-0.4, -0.2) is 11.6 Å². The summed E-state index contributed by atoms with van der Waals surface area (Å²) in [5.41, 5.74) is 3.59. The van der Waals surface area contributed by atoms with E-state index < -0.39 is 0 Å². The van der Waals surface area contributed by atoms with Crippen molar-refractivity contribution in [3.05, 3.63) is 48.2 Å². The van der Waals surface area contributed by atoms with E-state index in [9.17, 15) is 0 Å². The highest BCUT2D eigenvalue weighted by molar-refractivity contribution is 5.60.